The van der Waals surface area contributed by atoms with Crippen LogP contribution in [0.15, 0.2) is 91.0 Å². The van der Waals surface area contributed by atoms with Crippen molar-refractivity contribution in [3.8, 4) is 0 Å². The predicted molar refractivity (Wildman–Crippen MR) is 235 cm³/mol. The standard InChI is InChI=1S/C42H63N13O6/c1-28(22-45-37(44)56)51-39(58)49-26-35(20-32-15-9-5-10-16-32)54-42(61)47-24-30(3)53-40(59)50-27-36(21-33-17-11-6-12-18-33)55-41(60)46-23-29(2)52-38(57)48-25-34(43)19-31-13-7-4-8-14-31/h4-18,28-30,34-36H,19-27,43H2,1-3H3,(H3,44,45,56)(H2,46,55,60)(H2,47,54,61)(H2,48,52,57)(H2,49,51,58)(H2,50,53,59)/t28-,29-,30-,34-,35-,36-/m0/s1. The molecule has 0 bridgehead atoms. The zero-order valence-electron chi connectivity index (χ0n) is 35.1. The van der Waals surface area contributed by atoms with Gasteiger partial charge in [0.05, 0.1) is 12.1 Å². The second kappa shape index (κ2) is 27.1. The molecule has 0 aromatic heterocycles. The van der Waals surface area contributed by atoms with Crippen molar-refractivity contribution in [3.63, 3.8) is 0 Å². The van der Waals surface area contributed by atoms with E-state index in [2.05, 4.69) is 58.5 Å². The Morgan fingerprint density at radius 1 is 0.410 bits per heavy atom. The highest BCUT2D eigenvalue weighted by atomic mass is 16.2. The molecule has 0 unspecified atom stereocenters. The predicted octanol–water partition coefficient (Wildman–Crippen LogP) is 1.11. The molecule has 3 rings (SSSR count). The van der Waals surface area contributed by atoms with Gasteiger partial charge in [0.15, 0.2) is 0 Å². The summed E-state index contributed by atoms with van der Waals surface area (Å²) in [7, 11) is 0. The first-order valence-corrected chi connectivity index (χ1v) is 20.4. The van der Waals surface area contributed by atoms with Gasteiger partial charge in [0.1, 0.15) is 0 Å². The highest BCUT2D eigenvalue weighted by Gasteiger charge is 2.19. The van der Waals surface area contributed by atoms with Crippen LogP contribution in [0.5, 0.6) is 0 Å². The molecule has 15 N–H and O–H groups in total. The Kier molecular flexibility index (Phi) is 21.6. The van der Waals surface area contributed by atoms with Crippen LogP contribution in [-0.4, -0.2) is 112 Å². The van der Waals surface area contributed by atoms with Gasteiger partial charge >= 0.3 is 36.2 Å². The lowest BCUT2D eigenvalue weighted by Gasteiger charge is -2.23. The maximum absolute atomic E-state index is 13.0. The molecule has 0 radical (unpaired) electrons. The average molecular weight is 846 g/mol. The molecule has 0 aliphatic rings. The Bertz CT molecular complexity index is 1790. The van der Waals surface area contributed by atoms with Crippen molar-refractivity contribution in [1.82, 2.24) is 58.5 Å². The fraction of sp³-hybridized carbons (Fsp3) is 0.429. The molecule has 19 nitrogen and oxygen atoms in total. The number of amides is 12. The van der Waals surface area contributed by atoms with E-state index in [9.17, 15) is 28.8 Å². The van der Waals surface area contributed by atoms with Gasteiger partial charge in [-0.25, -0.2) is 28.8 Å². The van der Waals surface area contributed by atoms with E-state index in [1.807, 2.05) is 91.0 Å². The summed E-state index contributed by atoms with van der Waals surface area (Å²) in [6.45, 7) is 6.06. The molecule has 19 heteroatoms. The number of benzene rings is 3. The fourth-order valence-corrected chi connectivity index (χ4v) is 5.99. The van der Waals surface area contributed by atoms with Crippen LogP contribution in [0.2, 0.25) is 0 Å². The highest BCUT2D eigenvalue weighted by molar-refractivity contribution is 5.77. The molecule has 3 aromatic carbocycles. The number of primary amides is 1. The Hall–Kier alpha value is -6.76. The molecule has 3 aromatic rings. The van der Waals surface area contributed by atoms with Gasteiger partial charge in [-0.15, -0.1) is 0 Å². The smallest absolute Gasteiger partial charge is 0.315 e. The molecule has 0 saturated heterocycles. The van der Waals surface area contributed by atoms with Crippen LogP contribution in [0.4, 0.5) is 28.8 Å². The average Bonchev–Trinajstić information content (AvgIpc) is 3.23. The Labute approximate surface area is 357 Å². The second-order valence-corrected chi connectivity index (χ2v) is 14.9. The topological polar surface area (TPSA) is 287 Å². The molecule has 332 valence electrons. The van der Waals surface area contributed by atoms with E-state index in [1.54, 1.807) is 20.8 Å². The van der Waals surface area contributed by atoms with E-state index in [0.717, 1.165) is 16.7 Å². The van der Waals surface area contributed by atoms with Crippen LogP contribution >= 0.6 is 0 Å². The highest BCUT2D eigenvalue weighted by Crippen LogP contribution is 2.05. The molecule has 0 aliphatic carbocycles. The third-order valence-electron chi connectivity index (χ3n) is 9.06. The van der Waals surface area contributed by atoms with Gasteiger partial charge in [-0.3, -0.25) is 0 Å². The van der Waals surface area contributed by atoms with Crippen LogP contribution in [-0.2, 0) is 19.3 Å². The lowest BCUT2D eigenvalue weighted by Crippen LogP contribution is -2.54. The van der Waals surface area contributed by atoms with Gasteiger partial charge in [0, 0.05) is 63.4 Å². The van der Waals surface area contributed by atoms with Crippen LogP contribution in [0.3, 0.4) is 0 Å². The van der Waals surface area contributed by atoms with Gasteiger partial charge in [0.2, 0.25) is 0 Å². The first kappa shape index (κ1) is 48.6. The first-order chi connectivity index (χ1) is 29.2. The summed E-state index contributed by atoms with van der Waals surface area (Å²) in [5.41, 5.74) is 14.2. The molecule has 0 saturated carbocycles. The third-order valence-corrected chi connectivity index (χ3v) is 9.06. The summed E-state index contributed by atoms with van der Waals surface area (Å²) in [5.74, 6) is 0. The summed E-state index contributed by atoms with van der Waals surface area (Å²) >= 11 is 0. The number of urea groups is 6. The van der Waals surface area contributed by atoms with Crippen molar-refractivity contribution in [2.45, 2.75) is 76.3 Å². The van der Waals surface area contributed by atoms with E-state index >= 15 is 0 Å². The van der Waals surface area contributed by atoms with Crippen molar-refractivity contribution < 1.29 is 28.8 Å². The van der Waals surface area contributed by atoms with Crippen molar-refractivity contribution in [1.29, 1.82) is 0 Å². The van der Waals surface area contributed by atoms with E-state index in [-0.39, 0.29) is 51.4 Å². The lowest BCUT2D eigenvalue weighted by molar-refractivity contribution is 0.226. The van der Waals surface area contributed by atoms with Crippen LogP contribution < -0.4 is 70.0 Å². The molecule has 61 heavy (non-hydrogen) atoms. The summed E-state index contributed by atoms with van der Waals surface area (Å²) in [5, 5.41) is 30.3. The maximum atomic E-state index is 13.0. The van der Waals surface area contributed by atoms with Gasteiger partial charge in [-0.2, -0.15) is 0 Å². The largest absolute Gasteiger partial charge is 0.352 e. The summed E-state index contributed by atoms with van der Waals surface area (Å²) in [6.07, 6.45) is 1.48. The number of nitrogens with one attached hydrogen (secondary N) is 11. The molecule has 12 amide bonds. The first-order valence-electron chi connectivity index (χ1n) is 20.4. The minimum atomic E-state index is -0.697. The van der Waals surface area contributed by atoms with Crippen molar-refractivity contribution in [3.05, 3.63) is 108 Å². The molecule has 0 fully saturated rings. The van der Waals surface area contributed by atoms with Gasteiger partial charge in [0.25, 0.3) is 0 Å². The number of rotatable bonds is 23. The number of carbonyl (C=O) groups excluding carboxylic acids is 6. The Morgan fingerprint density at radius 3 is 1.07 bits per heavy atom. The molecular weight excluding hydrogens is 783 g/mol. The Morgan fingerprint density at radius 2 is 0.705 bits per heavy atom. The van der Waals surface area contributed by atoms with Crippen LogP contribution in [0, 0.1) is 0 Å². The van der Waals surface area contributed by atoms with E-state index < -0.39 is 60.4 Å². The summed E-state index contributed by atoms with van der Waals surface area (Å²) in [6, 6.07) is 23.2. The van der Waals surface area contributed by atoms with Gasteiger partial charge < -0.3 is 70.0 Å². The number of carbonyl (C=O) groups is 6. The SMILES string of the molecule is C[C@@H](CNC(N)=O)NC(=O)NC[C@H](Cc1ccccc1)NC(=O)NC[C@H](C)NC(=O)NC[C@H](Cc1ccccc1)NC(=O)NC[C@H](C)NC(=O)NC[C@@H](N)Cc1ccccc1. The van der Waals surface area contributed by atoms with Gasteiger partial charge in [-0.05, 0) is 56.7 Å². The summed E-state index contributed by atoms with van der Waals surface area (Å²) in [4.78, 5) is 74.7. The lowest BCUT2D eigenvalue weighted by atomic mass is 10.1. The van der Waals surface area contributed by atoms with Gasteiger partial charge in [-0.1, -0.05) is 91.0 Å². The Balaban J connectivity index is 1.42. The van der Waals surface area contributed by atoms with E-state index in [1.165, 1.54) is 0 Å². The second-order valence-electron chi connectivity index (χ2n) is 14.9. The molecule has 0 heterocycles. The monoisotopic (exact) mass is 846 g/mol. The van der Waals surface area contributed by atoms with Crippen molar-refractivity contribution in [2.24, 2.45) is 11.5 Å². The van der Waals surface area contributed by atoms with Crippen LogP contribution in [0.1, 0.15) is 37.5 Å². The van der Waals surface area contributed by atoms with E-state index in [4.69, 9.17) is 11.5 Å². The molecule has 0 spiro atoms. The zero-order chi connectivity index (χ0) is 44.4. The quantitative estimate of drug-likeness (QED) is 0.0660. The third kappa shape index (κ3) is 22.3. The minimum Gasteiger partial charge on any atom is -0.352 e. The zero-order valence-corrected chi connectivity index (χ0v) is 35.1. The minimum absolute atomic E-state index is 0.0917. The van der Waals surface area contributed by atoms with Crippen molar-refractivity contribution in [2.75, 3.05) is 39.3 Å². The fourth-order valence-electron chi connectivity index (χ4n) is 5.99. The molecule has 6 atom stereocenters. The molecule has 0 aliphatic heterocycles. The van der Waals surface area contributed by atoms with E-state index in [0.29, 0.717) is 19.3 Å². The van der Waals surface area contributed by atoms with Crippen LogP contribution in [0.25, 0.3) is 0 Å². The molecular formula is C42H63N13O6. The number of hydrogen-bond acceptors (Lipinski definition) is 7. The maximum Gasteiger partial charge on any atom is 0.315 e. The normalized spacial score (nSPS) is 13.6. The summed E-state index contributed by atoms with van der Waals surface area (Å²) < 4.78 is 0. The number of hydrogen-bond donors (Lipinski definition) is 13. The van der Waals surface area contributed by atoms with Crippen molar-refractivity contribution >= 4 is 36.2 Å². The number of nitrogens with two attached hydrogens (primary N) is 2.